The Morgan fingerprint density at radius 1 is 0.892 bits per heavy atom. The van der Waals surface area contributed by atoms with Crippen LogP contribution in [0.3, 0.4) is 0 Å². The highest BCUT2D eigenvalue weighted by Gasteiger charge is 2.20. The number of fused-ring (bicyclic) bond motifs is 3. The van der Waals surface area contributed by atoms with Gasteiger partial charge in [0.2, 0.25) is 11.7 Å². The minimum absolute atomic E-state index is 0.0471. The molecule has 0 unspecified atom stereocenters. The van der Waals surface area contributed by atoms with Crippen molar-refractivity contribution in [1.29, 1.82) is 0 Å². The standard InChI is InChI=1S/C28H25N5O3S/c1-19(34)23(16-20-10-4-2-5-11-20)29-25(35)18-37-28-31-30-27-32(17-21-12-6-3-7-13-21)26(36)22-14-8-9-15-24(22)33(27)28/h2-15,23H,16-18H2,1H3,(H,29,35)/t23-/m0/s1. The SMILES string of the molecule is CC(=O)[C@H](Cc1ccccc1)NC(=O)CSc1nnc2n(Cc3ccccc3)c(=O)c3ccccc3n12. The van der Waals surface area contributed by atoms with Crippen LogP contribution in [0.1, 0.15) is 18.1 Å². The molecule has 9 heteroatoms. The molecule has 5 rings (SSSR count). The lowest BCUT2D eigenvalue weighted by Gasteiger charge is -2.16. The molecule has 37 heavy (non-hydrogen) atoms. The van der Waals surface area contributed by atoms with Crippen molar-refractivity contribution in [1.82, 2.24) is 24.5 Å². The molecule has 8 nitrogen and oxygen atoms in total. The predicted octanol–water partition coefficient (Wildman–Crippen LogP) is 3.50. The third-order valence-electron chi connectivity index (χ3n) is 6.10. The Hall–Kier alpha value is -4.24. The van der Waals surface area contributed by atoms with Crippen LogP contribution >= 0.6 is 11.8 Å². The lowest BCUT2D eigenvalue weighted by molar-refractivity contribution is -0.125. The van der Waals surface area contributed by atoms with Gasteiger partial charge in [-0.2, -0.15) is 0 Å². The Balaban J connectivity index is 1.41. The van der Waals surface area contributed by atoms with Gasteiger partial charge in [-0.3, -0.25) is 23.4 Å². The number of Topliss-reactive ketones (excluding diaryl/α,β-unsaturated/α-hetero) is 1. The summed E-state index contributed by atoms with van der Waals surface area (Å²) in [5.41, 5.74) is 2.46. The average Bonchev–Trinajstić information content (AvgIpc) is 3.35. The molecule has 0 spiro atoms. The number of amides is 1. The van der Waals surface area contributed by atoms with Crippen molar-refractivity contribution in [3.05, 3.63) is 106 Å². The molecule has 0 aliphatic heterocycles. The summed E-state index contributed by atoms with van der Waals surface area (Å²) >= 11 is 1.21. The van der Waals surface area contributed by atoms with Crippen LogP contribution in [-0.2, 0) is 22.6 Å². The van der Waals surface area contributed by atoms with E-state index in [0.29, 0.717) is 34.8 Å². The highest BCUT2D eigenvalue weighted by Crippen LogP contribution is 2.22. The van der Waals surface area contributed by atoms with Crippen molar-refractivity contribution in [2.45, 2.75) is 31.1 Å². The third kappa shape index (κ3) is 5.31. The molecule has 0 saturated heterocycles. The molecule has 186 valence electrons. The van der Waals surface area contributed by atoms with Gasteiger partial charge < -0.3 is 5.32 Å². The Labute approximate surface area is 217 Å². The van der Waals surface area contributed by atoms with E-state index in [0.717, 1.165) is 11.1 Å². The van der Waals surface area contributed by atoms with Crippen LogP contribution in [0.15, 0.2) is 94.9 Å². The molecule has 1 atom stereocenters. The molecule has 1 amide bonds. The van der Waals surface area contributed by atoms with Crippen molar-refractivity contribution in [3.8, 4) is 0 Å². The van der Waals surface area contributed by atoms with Crippen LogP contribution in [0, 0.1) is 0 Å². The number of nitrogens with zero attached hydrogens (tertiary/aromatic N) is 4. The molecule has 2 aromatic heterocycles. The van der Waals surface area contributed by atoms with Gasteiger partial charge in [-0.25, -0.2) is 0 Å². The zero-order chi connectivity index (χ0) is 25.8. The number of ketones is 1. The summed E-state index contributed by atoms with van der Waals surface area (Å²) in [7, 11) is 0. The maximum atomic E-state index is 13.3. The van der Waals surface area contributed by atoms with Gasteiger partial charge in [0.05, 0.1) is 29.2 Å². The Morgan fingerprint density at radius 2 is 1.54 bits per heavy atom. The number of hydrogen-bond acceptors (Lipinski definition) is 6. The van der Waals surface area contributed by atoms with Crippen molar-refractivity contribution < 1.29 is 9.59 Å². The summed E-state index contributed by atoms with van der Waals surface area (Å²) in [5, 5.41) is 12.5. The molecule has 0 aliphatic carbocycles. The number of para-hydroxylation sites is 1. The van der Waals surface area contributed by atoms with Gasteiger partial charge in [0.15, 0.2) is 10.9 Å². The number of hydrogen-bond donors (Lipinski definition) is 1. The first-order valence-electron chi connectivity index (χ1n) is 11.9. The number of thioether (sulfide) groups is 1. The second kappa shape index (κ2) is 10.8. The minimum atomic E-state index is -0.609. The fourth-order valence-corrected chi connectivity index (χ4v) is 5.00. The zero-order valence-electron chi connectivity index (χ0n) is 20.2. The number of rotatable bonds is 9. The summed E-state index contributed by atoms with van der Waals surface area (Å²) in [6.07, 6.45) is 0.427. The van der Waals surface area contributed by atoms with Gasteiger partial charge in [0.25, 0.3) is 5.56 Å². The monoisotopic (exact) mass is 511 g/mol. The molecular formula is C28H25N5O3S. The van der Waals surface area contributed by atoms with Crippen molar-refractivity contribution in [2.75, 3.05) is 5.75 Å². The van der Waals surface area contributed by atoms with E-state index in [9.17, 15) is 14.4 Å². The summed E-state index contributed by atoms with van der Waals surface area (Å²) < 4.78 is 3.41. The normalized spacial score (nSPS) is 12.0. The Bertz CT molecular complexity index is 1630. The smallest absolute Gasteiger partial charge is 0.263 e. The van der Waals surface area contributed by atoms with Gasteiger partial charge in [-0.05, 0) is 36.6 Å². The quantitative estimate of drug-likeness (QED) is 0.304. The second-order valence-corrected chi connectivity index (χ2v) is 9.66. The third-order valence-corrected chi connectivity index (χ3v) is 7.03. The fourth-order valence-electron chi connectivity index (χ4n) is 4.25. The molecule has 3 aromatic carbocycles. The number of benzene rings is 3. The zero-order valence-corrected chi connectivity index (χ0v) is 21.0. The summed E-state index contributed by atoms with van der Waals surface area (Å²) in [6, 6.07) is 25.9. The molecule has 5 aromatic rings. The van der Waals surface area contributed by atoms with E-state index in [1.54, 1.807) is 10.6 Å². The van der Waals surface area contributed by atoms with Gasteiger partial charge in [0.1, 0.15) is 0 Å². The molecular weight excluding hydrogens is 486 g/mol. The predicted molar refractivity (Wildman–Crippen MR) is 144 cm³/mol. The minimum Gasteiger partial charge on any atom is -0.345 e. The van der Waals surface area contributed by atoms with E-state index < -0.39 is 6.04 Å². The van der Waals surface area contributed by atoms with E-state index >= 15 is 0 Å². The second-order valence-electron chi connectivity index (χ2n) is 8.72. The Morgan fingerprint density at radius 3 is 2.24 bits per heavy atom. The lowest BCUT2D eigenvalue weighted by atomic mass is 10.0. The van der Waals surface area contributed by atoms with Gasteiger partial charge in [-0.1, -0.05) is 84.6 Å². The Kier molecular flexibility index (Phi) is 7.14. The van der Waals surface area contributed by atoms with Crippen molar-refractivity contribution in [3.63, 3.8) is 0 Å². The lowest BCUT2D eigenvalue weighted by Crippen LogP contribution is -2.42. The topological polar surface area (TPSA) is 98.4 Å². The molecule has 0 saturated carbocycles. The van der Waals surface area contributed by atoms with Gasteiger partial charge in [-0.15, -0.1) is 10.2 Å². The van der Waals surface area contributed by atoms with Crippen LogP contribution in [-0.4, -0.2) is 42.7 Å². The average molecular weight is 512 g/mol. The number of carbonyl (C=O) groups excluding carboxylic acids is 2. The molecule has 0 aliphatic rings. The van der Waals surface area contributed by atoms with Crippen LogP contribution in [0.4, 0.5) is 0 Å². The highest BCUT2D eigenvalue weighted by molar-refractivity contribution is 7.99. The van der Waals surface area contributed by atoms with Crippen molar-refractivity contribution in [2.24, 2.45) is 0 Å². The molecule has 0 radical (unpaired) electrons. The summed E-state index contributed by atoms with van der Waals surface area (Å²) in [5.74, 6) is 0.0675. The van der Waals surface area contributed by atoms with Crippen LogP contribution in [0.2, 0.25) is 0 Å². The van der Waals surface area contributed by atoms with E-state index in [-0.39, 0.29) is 23.0 Å². The largest absolute Gasteiger partial charge is 0.345 e. The van der Waals surface area contributed by atoms with Crippen molar-refractivity contribution >= 4 is 40.1 Å². The first-order chi connectivity index (χ1) is 18.0. The van der Waals surface area contributed by atoms with Gasteiger partial charge in [0, 0.05) is 0 Å². The van der Waals surface area contributed by atoms with E-state index in [2.05, 4.69) is 15.5 Å². The highest BCUT2D eigenvalue weighted by atomic mass is 32.2. The molecule has 2 heterocycles. The number of nitrogens with one attached hydrogen (secondary N) is 1. The molecule has 0 fully saturated rings. The fraction of sp³-hybridized carbons (Fsp3) is 0.179. The number of carbonyl (C=O) groups is 2. The first kappa shape index (κ1) is 24.5. The van der Waals surface area contributed by atoms with Crippen LogP contribution in [0.25, 0.3) is 16.7 Å². The van der Waals surface area contributed by atoms with Gasteiger partial charge >= 0.3 is 0 Å². The van der Waals surface area contributed by atoms with E-state index in [4.69, 9.17) is 0 Å². The molecule has 0 bridgehead atoms. The maximum absolute atomic E-state index is 13.3. The van der Waals surface area contributed by atoms with Crippen LogP contribution in [0.5, 0.6) is 0 Å². The summed E-state index contributed by atoms with van der Waals surface area (Å²) in [6.45, 7) is 1.82. The molecule has 1 N–H and O–H groups in total. The van der Waals surface area contributed by atoms with E-state index in [1.807, 2.05) is 83.3 Å². The number of aromatic nitrogens is 4. The maximum Gasteiger partial charge on any atom is 0.263 e. The first-order valence-corrected chi connectivity index (χ1v) is 12.9. The van der Waals surface area contributed by atoms with E-state index in [1.165, 1.54) is 18.7 Å². The van der Waals surface area contributed by atoms with Crippen LogP contribution < -0.4 is 10.9 Å². The summed E-state index contributed by atoms with van der Waals surface area (Å²) in [4.78, 5) is 38.3.